The first kappa shape index (κ1) is 39.6. The molecule has 11 nitrogen and oxygen atoms in total. The Bertz CT molecular complexity index is 1250. The normalized spacial score (nSPS) is 28.6. The Labute approximate surface area is 277 Å². The molecule has 0 amide bonds. The van der Waals surface area contributed by atoms with Gasteiger partial charge >= 0.3 is 23.9 Å². The highest BCUT2D eigenvalue weighted by Crippen LogP contribution is 2.48. The van der Waals surface area contributed by atoms with Gasteiger partial charge in [-0.2, -0.15) is 0 Å². The number of allylic oxidation sites excluding steroid dienone is 4. The zero-order valence-corrected chi connectivity index (χ0v) is 28.2. The first-order valence-electron chi connectivity index (χ1n) is 16.4. The molecule has 2 aliphatic heterocycles. The maximum atomic E-state index is 12.9. The van der Waals surface area contributed by atoms with Gasteiger partial charge in [-0.05, 0) is 57.4 Å². The molecule has 0 unspecified atom stereocenters. The van der Waals surface area contributed by atoms with E-state index in [1.807, 2.05) is 19.9 Å². The summed E-state index contributed by atoms with van der Waals surface area (Å²) in [6, 6.07) is 0. The lowest BCUT2D eigenvalue weighted by atomic mass is 9.78. The van der Waals surface area contributed by atoms with Crippen molar-refractivity contribution < 1.29 is 53.8 Å². The molecule has 7 atom stereocenters. The van der Waals surface area contributed by atoms with Gasteiger partial charge in [0.2, 0.25) is 0 Å². The number of carboxylic acid groups (broad SMARTS) is 3. The molecule has 0 aliphatic carbocycles. The highest BCUT2D eigenvalue weighted by atomic mass is 16.7. The topological polar surface area (TPSA) is 177 Å². The average Bonchev–Trinajstić information content (AvgIpc) is 3.01. The van der Waals surface area contributed by atoms with Crippen LogP contribution in [0.15, 0.2) is 59.8 Å². The lowest BCUT2D eigenvalue weighted by molar-refractivity contribution is -0.344. The van der Waals surface area contributed by atoms with Gasteiger partial charge in [0.05, 0.1) is 25.0 Å². The Morgan fingerprint density at radius 1 is 0.936 bits per heavy atom. The van der Waals surface area contributed by atoms with E-state index >= 15 is 0 Å². The van der Waals surface area contributed by atoms with Crippen LogP contribution in [0.25, 0.3) is 0 Å². The monoisotopic (exact) mass is 660 g/mol. The zero-order chi connectivity index (χ0) is 35.2. The first-order valence-corrected chi connectivity index (χ1v) is 16.4. The summed E-state index contributed by atoms with van der Waals surface area (Å²) in [5, 5.41) is 37.5. The SMILES string of the molecule is CCCC[C@]1(OC(=O)CCC(=O)O)CC[C@@]2(CC[C@@H](C)[C@H](C/C=C(C)/C=C/[C@@H](O)[C@H](C)/C=C/C(=O)O)O2)O[C@@H]1/C=C/C(C)=C/C(=O)O. The smallest absolute Gasteiger partial charge is 0.328 e. The number of aliphatic hydroxyl groups excluding tert-OH is 1. The van der Waals surface area contributed by atoms with Gasteiger partial charge in [0, 0.05) is 30.9 Å². The van der Waals surface area contributed by atoms with Crippen LogP contribution < -0.4 is 0 Å². The van der Waals surface area contributed by atoms with E-state index in [0.717, 1.165) is 37.0 Å². The van der Waals surface area contributed by atoms with Crippen molar-refractivity contribution in [2.24, 2.45) is 11.8 Å². The summed E-state index contributed by atoms with van der Waals surface area (Å²) in [5.41, 5.74) is 0.314. The number of aliphatic carboxylic acids is 3. The van der Waals surface area contributed by atoms with Crippen LogP contribution in [0.3, 0.4) is 0 Å². The van der Waals surface area contributed by atoms with Gasteiger partial charge in [-0.15, -0.1) is 0 Å². The fourth-order valence-electron chi connectivity index (χ4n) is 5.81. The molecule has 47 heavy (non-hydrogen) atoms. The molecule has 262 valence electrons. The largest absolute Gasteiger partial charge is 0.481 e. The number of carbonyl (C=O) groups is 4. The van der Waals surface area contributed by atoms with Crippen LogP contribution in [0.1, 0.15) is 98.8 Å². The molecule has 1 spiro atoms. The van der Waals surface area contributed by atoms with Crippen molar-refractivity contribution in [3.63, 3.8) is 0 Å². The van der Waals surface area contributed by atoms with Gasteiger partial charge in [-0.3, -0.25) is 9.59 Å². The molecule has 2 saturated heterocycles. The summed E-state index contributed by atoms with van der Waals surface area (Å²) < 4.78 is 19.5. The molecule has 0 aromatic rings. The Hall–Kier alpha value is -3.54. The van der Waals surface area contributed by atoms with Crippen LogP contribution in [-0.4, -0.2) is 74.0 Å². The number of esters is 1. The number of ether oxygens (including phenoxy) is 3. The standard InChI is InChI=1S/C36H52O11/c1-6-7-19-35(47-34(44)17-16-32(40)41)21-22-36(46-30(35)14-10-25(3)23-33(42)43)20-18-27(5)29(45-36)13-9-24(2)8-12-28(37)26(4)11-15-31(38)39/h8-12,14-15,23,26-30,37H,6-7,13,16-22H2,1-5H3,(H,38,39)(H,40,41)(H,42,43)/b12-8+,14-10+,15-11+,24-9+,25-23+/t26-,27-,28-,29+,30-,35+,36-/m1/s1. The van der Waals surface area contributed by atoms with Crippen molar-refractivity contribution in [3.05, 3.63) is 59.8 Å². The van der Waals surface area contributed by atoms with Gasteiger partial charge in [-0.1, -0.05) is 69.2 Å². The molecule has 11 heteroatoms. The summed E-state index contributed by atoms with van der Waals surface area (Å²) >= 11 is 0. The van der Waals surface area contributed by atoms with E-state index in [-0.39, 0.29) is 30.8 Å². The molecule has 2 fully saturated rings. The highest BCUT2D eigenvalue weighted by Gasteiger charge is 2.54. The Morgan fingerprint density at radius 2 is 1.66 bits per heavy atom. The van der Waals surface area contributed by atoms with Crippen LogP contribution in [0.5, 0.6) is 0 Å². The summed E-state index contributed by atoms with van der Waals surface area (Å²) in [7, 11) is 0. The quantitative estimate of drug-likeness (QED) is 0.0802. The Morgan fingerprint density at radius 3 is 2.30 bits per heavy atom. The second-order valence-corrected chi connectivity index (χ2v) is 12.8. The molecule has 2 aliphatic rings. The molecular formula is C36H52O11. The third kappa shape index (κ3) is 13.2. The van der Waals surface area contributed by atoms with Crippen molar-refractivity contribution in [2.45, 2.75) is 129 Å². The number of aliphatic hydroxyl groups is 1. The van der Waals surface area contributed by atoms with Crippen molar-refractivity contribution in [2.75, 3.05) is 0 Å². The molecule has 0 aromatic heterocycles. The molecule has 0 aromatic carbocycles. The summed E-state index contributed by atoms with van der Waals surface area (Å²) in [5.74, 6) is -4.98. The number of carbonyl (C=O) groups excluding carboxylic acids is 1. The van der Waals surface area contributed by atoms with Gasteiger partial charge in [-0.25, -0.2) is 9.59 Å². The number of rotatable bonds is 17. The second-order valence-electron chi connectivity index (χ2n) is 12.8. The minimum Gasteiger partial charge on any atom is -0.481 e. The summed E-state index contributed by atoms with van der Waals surface area (Å²) in [6.07, 6.45) is 14.9. The predicted octanol–water partition coefficient (Wildman–Crippen LogP) is 6.13. The molecule has 2 rings (SSSR count). The number of hydrogen-bond donors (Lipinski definition) is 4. The minimum atomic E-state index is -1.09. The van der Waals surface area contributed by atoms with E-state index in [4.69, 9.17) is 24.4 Å². The second kappa shape index (κ2) is 18.7. The average molecular weight is 661 g/mol. The van der Waals surface area contributed by atoms with E-state index in [1.54, 1.807) is 38.2 Å². The van der Waals surface area contributed by atoms with Crippen LogP contribution >= 0.6 is 0 Å². The van der Waals surface area contributed by atoms with E-state index in [9.17, 15) is 29.4 Å². The molecule has 4 N–H and O–H groups in total. The van der Waals surface area contributed by atoms with Gasteiger partial charge in [0.15, 0.2) is 5.79 Å². The van der Waals surface area contributed by atoms with Gasteiger partial charge in [0.1, 0.15) is 11.7 Å². The molecule has 0 radical (unpaired) electrons. The Balaban J connectivity index is 2.31. The van der Waals surface area contributed by atoms with Crippen LogP contribution in [0.4, 0.5) is 0 Å². The maximum Gasteiger partial charge on any atom is 0.328 e. The first-order chi connectivity index (χ1) is 22.1. The fraction of sp³-hybridized carbons (Fsp3) is 0.611. The third-order valence-electron chi connectivity index (χ3n) is 8.78. The number of hydrogen-bond acceptors (Lipinski definition) is 8. The van der Waals surface area contributed by atoms with Crippen molar-refractivity contribution in [3.8, 4) is 0 Å². The summed E-state index contributed by atoms with van der Waals surface area (Å²) in [4.78, 5) is 46.0. The van der Waals surface area contributed by atoms with Crippen LogP contribution in [0, 0.1) is 11.8 Å². The van der Waals surface area contributed by atoms with Gasteiger partial charge in [0.25, 0.3) is 0 Å². The number of carboxylic acids is 3. The van der Waals surface area contributed by atoms with Crippen molar-refractivity contribution >= 4 is 23.9 Å². The van der Waals surface area contributed by atoms with E-state index in [0.29, 0.717) is 37.7 Å². The Kier molecular flexibility index (Phi) is 15.8. The van der Waals surface area contributed by atoms with Crippen molar-refractivity contribution in [1.82, 2.24) is 0 Å². The number of unbranched alkanes of at least 4 members (excludes halogenated alkanes) is 1. The maximum absolute atomic E-state index is 12.9. The van der Waals surface area contributed by atoms with Crippen LogP contribution in [-0.2, 0) is 33.4 Å². The fourth-order valence-corrected chi connectivity index (χ4v) is 5.81. The van der Waals surface area contributed by atoms with Gasteiger partial charge < -0.3 is 34.6 Å². The zero-order valence-electron chi connectivity index (χ0n) is 28.2. The van der Waals surface area contributed by atoms with E-state index in [2.05, 4.69) is 6.92 Å². The van der Waals surface area contributed by atoms with Crippen molar-refractivity contribution in [1.29, 1.82) is 0 Å². The molecule has 2 heterocycles. The highest BCUT2D eigenvalue weighted by molar-refractivity contribution is 5.81. The lowest BCUT2D eigenvalue weighted by Crippen LogP contribution is -2.59. The third-order valence-corrected chi connectivity index (χ3v) is 8.78. The predicted molar refractivity (Wildman–Crippen MR) is 175 cm³/mol. The lowest BCUT2D eigenvalue weighted by Gasteiger charge is -2.53. The molecule has 0 bridgehead atoms. The van der Waals surface area contributed by atoms with E-state index < -0.39 is 47.5 Å². The van der Waals surface area contributed by atoms with E-state index in [1.165, 1.54) is 6.08 Å². The van der Waals surface area contributed by atoms with Crippen LogP contribution in [0.2, 0.25) is 0 Å². The minimum absolute atomic E-state index is 0.186. The molecular weight excluding hydrogens is 608 g/mol. The summed E-state index contributed by atoms with van der Waals surface area (Å²) in [6.45, 7) is 9.44. The molecule has 0 saturated carbocycles.